The number of likely N-dealkylation sites (tertiary alicyclic amines) is 1. The molecule has 3 nitrogen and oxygen atoms in total. The Balaban J connectivity index is 1.55. The van der Waals surface area contributed by atoms with Crippen LogP contribution in [-0.4, -0.2) is 37.0 Å². The maximum atomic E-state index is 4.94. The first-order valence-corrected chi connectivity index (χ1v) is 9.64. The third kappa shape index (κ3) is 3.65. The molecule has 0 aromatic carbocycles. The molecule has 2 aliphatic rings. The van der Waals surface area contributed by atoms with Crippen molar-refractivity contribution in [2.75, 3.05) is 26.2 Å². The van der Waals surface area contributed by atoms with E-state index in [0.717, 1.165) is 25.5 Å². The first-order valence-electron chi connectivity index (χ1n) is 8.76. The zero-order valence-corrected chi connectivity index (χ0v) is 14.8. The summed E-state index contributed by atoms with van der Waals surface area (Å²) in [5.41, 5.74) is 0.638. The molecule has 1 N–H and O–H groups in total. The quantitative estimate of drug-likeness (QED) is 0.661. The SMILES string of the molecule is CCNC(=NCC(C)Cc1cccs1)N1CCC2(CCC2)C1. The molecule has 0 radical (unpaired) electrons. The minimum Gasteiger partial charge on any atom is -0.357 e. The molecule has 1 spiro atoms. The van der Waals surface area contributed by atoms with Crippen LogP contribution in [0.5, 0.6) is 0 Å². The Labute approximate surface area is 138 Å². The number of thiophene rings is 1. The topological polar surface area (TPSA) is 27.6 Å². The maximum absolute atomic E-state index is 4.94. The summed E-state index contributed by atoms with van der Waals surface area (Å²) in [6.07, 6.45) is 6.79. The van der Waals surface area contributed by atoms with Crippen LogP contribution in [0.1, 0.15) is 44.4 Å². The van der Waals surface area contributed by atoms with Gasteiger partial charge >= 0.3 is 0 Å². The highest BCUT2D eigenvalue weighted by atomic mass is 32.1. The summed E-state index contributed by atoms with van der Waals surface area (Å²) >= 11 is 1.86. The minimum atomic E-state index is 0.604. The highest BCUT2D eigenvalue weighted by molar-refractivity contribution is 7.09. The monoisotopic (exact) mass is 319 g/mol. The zero-order valence-electron chi connectivity index (χ0n) is 14.0. The fourth-order valence-electron chi connectivity index (χ4n) is 3.71. The van der Waals surface area contributed by atoms with E-state index in [9.17, 15) is 0 Å². The van der Waals surface area contributed by atoms with Gasteiger partial charge in [0, 0.05) is 31.1 Å². The molecular formula is C18H29N3S. The molecule has 122 valence electrons. The molecule has 2 fully saturated rings. The molecule has 2 heterocycles. The van der Waals surface area contributed by atoms with Gasteiger partial charge in [-0.2, -0.15) is 0 Å². The van der Waals surface area contributed by atoms with E-state index in [1.165, 1.54) is 43.6 Å². The van der Waals surface area contributed by atoms with Crippen molar-refractivity contribution >= 4 is 17.3 Å². The summed E-state index contributed by atoms with van der Waals surface area (Å²) in [6, 6.07) is 4.37. The molecule has 1 aliphatic heterocycles. The van der Waals surface area contributed by atoms with E-state index in [4.69, 9.17) is 4.99 Å². The van der Waals surface area contributed by atoms with Crippen LogP contribution < -0.4 is 5.32 Å². The average Bonchev–Trinajstić information content (AvgIpc) is 3.11. The van der Waals surface area contributed by atoms with Gasteiger partial charge in [0.15, 0.2) is 5.96 Å². The van der Waals surface area contributed by atoms with Crippen LogP contribution in [0.3, 0.4) is 0 Å². The Bertz CT molecular complexity index is 490. The fourth-order valence-corrected chi connectivity index (χ4v) is 4.58. The Morgan fingerprint density at radius 3 is 2.91 bits per heavy atom. The smallest absolute Gasteiger partial charge is 0.193 e. The first-order chi connectivity index (χ1) is 10.7. The number of rotatable bonds is 5. The van der Waals surface area contributed by atoms with Crippen molar-refractivity contribution in [1.82, 2.24) is 10.2 Å². The molecule has 4 heteroatoms. The largest absolute Gasteiger partial charge is 0.357 e. The van der Waals surface area contributed by atoms with Crippen LogP contribution in [0.4, 0.5) is 0 Å². The van der Waals surface area contributed by atoms with Crippen molar-refractivity contribution in [2.24, 2.45) is 16.3 Å². The van der Waals surface area contributed by atoms with E-state index in [1.807, 2.05) is 11.3 Å². The lowest BCUT2D eigenvalue weighted by atomic mass is 9.68. The van der Waals surface area contributed by atoms with Crippen LogP contribution in [0.2, 0.25) is 0 Å². The Morgan fingerprint density at radius 2 is 2.32 bits per heavy atom. The maximum Gasteiger partial charge on any atom is 0.193 e. The molecule has 1 saturated heterocycles. The number of guanidine groups is 1. The van der Waals surface area contributed by atoms with E-state index < -0.39 is 0 Å². The summed E-state index contributed by atoms with van der Waals surface area (Å²) in [5, 5.41) is 5.67. The molecule has 1 atom stereocenters. The standard InChI is InChI=1S/C18H29N3S/c1-3-19-17(21-10-9-18(14-21)7-5-8-18)20-13-15(2)12-16-6-4-11-22-16/h4,6,11,15H,3,5,7-10,12-14H2,1-2H3,(H,19,20). The normalized spacial score (nSPS) is 21.9. The number of nitrogens with one attached hydrogen (secondary N) is 1. The second-order valence-corrected chi connectivity index (χ2v) is 8.14. The van der Waals surface area contributed by atoms with Gasteiger partial charge in [0.2, 0.25) is 0 Å². The van der Waals surface area contributed by atoms with E-state index in [2.05, 4.69) is 41.6 Å². The van der Waals surface area contributed by atoms with Crippen LogP contribution in [-0.2, 0) is 6.42 Å². The van der Waals surface area contributed by atoms with E-state index in [-0.39, 0.29) is 0 Å². The van der Waals surface area contributed by atoms with Crippen molar-refractivity contribution in [3.8, 4) is 0 Å². The molecular weight excluding hydrogens is 290 g/mol. The van der Waals surface area contributed by atoms with Gasteiger partial charge in [-0.15, -0.1) is 11.3 Å². The van der Waals surface area contributed by atoms with Crippen LogP contribution in [0.25, 0.3) is 0 Å². The van der Waals surface area contributed by atoms with Crippen LogP contribution in [0.15, 0.2) is 22.5 Å². The number of aliphatic imine (C=N–C) groups is 1. The van der Waals surface area contributed by atoms with Crippen molar-refractivity contribution in [2.45, 2.75) is 46.0 Å². The zero-order chi connectivity index (χ0) is 15.4. The van der Waals surface area contributed by atoms with Crippen molar-refractivity contribution < 1.29 is 0 Å². The van der Waals surface area contributed by atoms with Crippen LogP contribution in [0, 0.1) is 11.3 Å². The highest BCUT2D eigenvalue weighted by Gasteiger charge is 2.43. The van der Waals surface area contributed by atoms with Gasteiger partial charge in [-0.3, -0.25) is 4.99 Å². The van der Waals surface area contributed by atoms with Gasteiger partial charge < -0.3 is 10.2 Å². The second-order valence-electron chi connectivity index (χ2n) is 7.11. The molecule has 1 aliphatic carbocycles. The van der Waals surface area contributed by atoms with Crippen molar-refractivity contribution in [3.05, 3.63) is 22.4 Å². The molecule has 0 bridgehead atoms. The molecule has 1 saturated carbocycles. The predicted molar refractivity (Wildman–Crippen MR) is 95.6 cm³/mol. The third-order valence-electron chi connectivity index (χ3n) is 5.17. The van der Waals surface area contributed by atoms with E-state index in [1.54, 1.807) is 0 Å². The Hall–Kier alpha value is -1.03. The van der Waals surface area contributed by atoms with E-state index in [0.29, 0.717) is 11.3 Å². The van der Waals surface area contributed by atoms with Gasteiger partial charge in [0.1, 0.15) is 0 Å². The van der Waals surface area contributed by atoms with Crippen molar-refractivity contribution in [1.29, 1.82) is 0 Å². The Kier molecular flexibility index (Phi) is 5.07. The van der Waals surface area contributed by atoms with Crippen molar-refractivity contribution in [3.63, 3.8) is 0 Å². The van der Waals surface area contributed by atoms with Gasteiger partial charge in [-0.25, -0.2) is 0 Å². The molecule has 1 unspecified atom stereocenters. The van der Waals surface area contributed by atoms with Gasteiger partial charge in [-0.1, -0.05) is 19.4 Å². The van der Waals surface area contributed by atoms with Gasteiger partial charge in [0.05, 0.1) is 0 Å². The highest BCUT2D eigenvalue weighted by Crippen LogP contribution is 2.47. The van der Waals surface area contributed by atoms with Gasteiger partial charge in [0.25, 0.3) is 0 Å². The molecule has 1 aromatic heterocycles. The van der Waals surface area contributed by atoms with Gasteiger partial charge in [-0.05, 0) is 55.4 Å². The summed E-state index contributed by atoms with van der Waals surface area (Å²) < 4.78 is 0. The molecule has 0 amide bonds. The molecule has 3 rings (SSSR count). The number of hydrogen-bond acceptors (Lipinski definition) is 2. The predicted octanol–water partition coefficient (Wildman–Crippen LogP) is 3.77. The second kappa shape index (κ2) is 7.03. The lowest BCUT2D eigenvalue weighted by molar-refractivity contribution is 0.151. The fraction of sp³-hybridized carbons (Fsp3) is 0.722. The summed E-state index contributed by atoms with van der Waals surface area (Å²) in [4.78, 5) is 8.91. The summed E-state index contributed by atoms with van der Waals surface area (Å²) in [6.45, 7) is 8.76. The van der Waals surface area contributed by atoms with E-state index >= 15 is 0 Å². The minimum absolute atomic E-state index is 0.604. The lowest BCUT2D eigenvalue weighted by Crippen LogP contribution is -2.42. The molecule has 22 heavy (non-hydrogen) atoms. The Morgan fingerprint density at radius 1 is 1.45 bits per heavy atom. The summed E-state index contributed by atoms with van der Waals surface area (Å²) in [7, 11) is 0. The average molecular weight is 320 g/mol. The molecule has 1 aromatic rings. The van der Waals surface area contributed by atoms with Crippen LogP contribution >= 0.6 is 11.3 Å². The summed E-state index contributed by atoms with van der Waals surface area (Å²) in [5.74, 6) is 1.75. The lowest BCUT2D eigenvalue weighted by Gasteiger charge is -2.38. The number of hydrogen-bond donors (Lipinski definition) is 1. The number of nitrogens with zero attached hydrogens (tertiary/aromatic N) is 2. The first kappa shape index (κ1) is 15.9. The third-order valence-corrected chi connectivity index (χ3v) is 6.07.